The summed E-state index contributed by atoms with van der Waals surface area (Å²) in [7, 11) is -2.78. The predicted octanol–water partition coefficient (Wildman–Crippen LogP) is -0.640. The van der Waals surface area contributed by atoms with Crippen LogP contribution in [0.15, 0.2) is 0 Å². The molecule has 0 aliphatic carbocycles. The van der Waals surface area contributed by atoms with E-state index in [1.807, 2.05) is 0 Å². The van der Waals surface area contributed by atoms with Gasteiger partial charge in [-0.25, -0.2) is 8.42 Å². The Morgan fingerprint density at radius 1 is 1.33 bits per heavy atom. The summed E-state index contributed by atoms with van der Waals surface area (Å²) in [5.41, 5.74) is 5.24. The van der Waals surface area contributed by atoms with E-state index in [1.165, 1.54) is 0 Å². The first-order valence-corrected chi connectivity index (χ1v) is 6.05. The lowest BCUT2D eigenvalue weighted by Gasteiger charge is -2.02. The highest BCUT2D eigenvalue weighted by Crippen LogP contribution is 1.91. The lowest BCUT2D eigenvalue weighted by molar-refractivity contribution is 0.590. The van der Waals surface area contributed by atoms with Crippen molar-refractivity contribution >= 4 is 9.84 Å². The van der Waals surface area contributed by atoms with Crippen molar-refractivity contribution in [3.8, 4) is 0 Å². The van der Waals surface area contributed by atoms with Crippen LogP contribution >= 0.6 is 0 Å². The third-order valence-electron chi connectivity index (χ3n) is 1.57. The second-order valence-corrected chi connectivity index (χ2v) is 5.10. The zero-order chi connectivity index (χ0) is 9.45. The van der Waals surface area contributed by atoms with E-state index in [0.29, 0.717) is 13.0 Å². The van der Waals surface area contributed by atoms with E-state index in [-0.39, 0.29) is 11.5 Å². The fraction of sp³-hybridized carbons (Fsp3) is 1.00. The van der Waals surface area contributed by atoms with Crippen LogP contribution in [0.1, 0.15) is 13.3 Å². The number of sulfone groups is 1. The second kappa shape index (κ2) is 6.39. The highest BCUT2D eigenvalue weighted by Gasteiger charge is 2.05. The van der Waals surface area contributed by atoms with Gasteiger partial charge < -0.3 is 11.1 Å². The number of hydrogen-bond acceptors (Lipinski definition) is 4. The molecule has 0 amide bonds. The van der Waals surface area contributed by atoms with Crippen LogP contribution < -0.4 is 11.1 Å². The Kier molecular flexibility index (Phi) is 6.32. The van der Waals surface area contributed by atoms with Gasteiger partial charge in [0.15, 0.2) is 0 Å². The molecular weight excluding hydrogens is 176 g/mol. The number of nitrogens with one attached hydrogen (secondary N) is 1. The fourth-order valence-corrected chi connectivity index (χ4v) is 1.66. The smallest absolute Gasteiger partial charge is 0.150 e. The van der Waals surface area contributed by atoms with Gasteiger partial charge in [-0.3, -0.25) is 0 Å². The van der Waals surface area contributed by atoms with Crippen LogP contribution in [0.5, 0.6) is 0 Å². The maximum atomic E-state index is 11.0. The summed E-state index contributed by atoms with van der Waals surface area (Å²) >= 11 is 0. The van der Waals surface area contributed by atoms with Gasteiger partial charge in [-0.15, -0.1) is 0 Å². The van der Waals surface area contributed by atoms with E-state index in [2.05, 4.69) is 5.32 Å². The van der Waals surface area contributed by atoms with Gasteiger partial charge in [-0.2, -0.15) is 0 Å². The SMILES string of the molecule is CCS(=O)(=O)CCCNCCN. The second-order valence-electron chi connectivity index (χ2n) is 2.63. The molecule has 4 nitrogen and oxygen atoms in total. The van der Waals surface area contributed by atoms with Crippen molar-refractivity contribution in [1.82, 2.24) is 5.32 Å². The third kappa shape index (κ3) is 6.57. The standard InChI is InChI=1S/C7H18N2O2S/c1-2-12(10,11)7-3-5-9-6-4-8/h9H,2-8H2,1H3. The zero-order valence-corrected chi connectivity index (χ0v) is 8.36. The molecule has 3 N–H and O–H groups in total. The predicted molar refractivity (Wildman–Crippen MR) is 50.9 cm³/mol. The summed E-state index contributed by atoms with van der Waals surface area (Å²) in [6.07, 6.45) is 0.677. The van der Waals surface area contributed by atoms with E-state index < -0.39 is 9.84 Å². The quantitative estimate of drug-likeness (QED) is 0.529. The van der Waals surface area contributed by atoms with Crippen molar-refractivity contribution in [2.75, 3.05) is 31.1 Å². The van der Waals surface area contributed by atoms with Crippen LogP contribution in [0, 0.1) is 0 Å². The first kappa shape index (κ1) is 11.9. The summed E-state index contributed by atoms with van der Waals surface area (Å²) < 4.78 is 22.0. The monoisotopic (exact) mass is 194 g/mol. The minimum absolute atomic E-state index is 0.240. The number of hydrogen-bond donors (Lipinski definition) is 2. The van der Waals surface area contributed by atoms with Crippen LogP contribution in [-0.4, -0.2) is 39.6 Å². The fourth-order valence-electron chi connectivity index (χ4n) is 0.788. The molecule has 0 saturated heterocycles. The molecule has 12 heavy (non-hydrogen) atoms. The number of rotatable bonds is 7. The summed E-state index contributed by atoms with van der Waals surface area (Å²) in [5.74, 6) is 0.519. The molecule has 0 aromatic carbocycles. The van der Waals surface area contributed by atoms with Gasteiger partial charge in [0.1, 0.15) is 9.84 Å². The van der Waals surface area contributed by atoms with Gasteiger partial charge in [0.25, 0.3) is 0 Å². The van der Waals surface area contributed by atoms with Gasteiger partial charge in [-0.05, 0) is 13.0 Å². The minimum atomic E-state index is -2.78. The zero-order valence-electron chi connectivity index (χ0n) is 7.54. The van der Waals surface area contributed by atoms with Gasteiger partial charge in [0, 0.05) is 18.8 Å². The molecule has 0 rings (SSSR count). The molecule has 0 spiro atoms. The molecule has 0 atom stereocenters. The van der Waals surface area contributed by atoms with Gasteiger partial charge >= 0.3 is 0 Å². The Labute approximate surface area is 74.4 Å². The molecule has 0 fully saturated rings. The summed E-state index contributed by atoms with van der Waals surface area (Å²) in [5, 5.41) is 3.04. The number of nitrogens with two attached hydrogens (primary N) is 1. The van der Waals surface area contributed by atoms with Crippen molar-refractivity contribution in [2.45, 2.75) is 13.3 Å². The van der Waals surface area contributed by atoms with E-state index in [4.69, 9.17) is 5.73 Å². The van der Waals surface area contributed by atoms with Crippen molar-refractivity contribution < 1.29 is 8.42 Å². The first-order chi connectivity index (χ1) is 5.62. The molecule has 74 valence electrons. The van der Waals surface area contributed by atoms with Crippen molar-refractivity contribution in [3.63, 3.8) is 0 Å². The highest BCUT2D eigenvalue weighted by atomic mass is 32.2. The van der Waals surface area contributed by atoms with Crippen LogP contribution in [0.3, 0.4) is 0 Å². The Bertz CT molecular complexity index is 190. The molecular formula is C7H18N2O2S. The van der Waals surface area contributed by atoms with E-state index in [1.54, 1.807) is 6.92 Å². The van der Waals surface area contributed by atoms with Gasteiger partial charge in [0.2, 0.25) is 0 Å². The largest absolute Gasteiger partial charge is 0.329 e. The van der Waals surface area contributed by atoms with Crippen LogP contribution in [0.25, 0.3) is 0 Å². The van der Waals surface area contributed by atoms with Crippen molar-refractivity contribution in [3.05, 3.63) is 0 Å². The first-order valence-electron chi connectivity index (χ1n) is 4.23. The normalized spacial score (nSPS) is 11.8. The van der Waals surface area contributed by atoms with Crippen molar-refractivity contribution in [1.29, 1.82) is 0 Å². The molecule has 0 aliphatic heterocycles. The molecule has 0 aliphatic rings. The molecule has 5 heteroatoms. The Morgan fingerprint density at radius 3 is 2.50 bits per heavy atom. The Hall–Kier alpha value is -0.130. The molecule has 0 unspecified atom stereocenters. The van der Waals surface area contributed by atoms with E-state index in [0.717, 1.165) is 13.1 Å². The average Bonchev–Trinajstić information content (AvgIpc) is 2.04. The topological polar surface area (TPSA) is 72.2 Å². The summed E-state index contributed by atoms with van der Waals surface area (Å²) in [4.78, 5) is 0. The minimum Gasteiger partial charge on any atom is -0.329 e. The maximum absolute atomic E-state index is 11.0. The average molecular weight is 194 g/mol. The van der Waals surface area contributed by atoms with Crippen LogP contribution in [0.2, 0.25) is 0 Å². The maximum Gasteiger partial charge on any atom is 0.150 e. The molecule has 0 aromatic heterocycles. The molecule has 0 aromatic rings. The summed E-state index contributed by atoms with van der Waals surface area (Å²) in [6, 6.07) is 0. The molecule has 0 heterocycles. The van der Waals surface area contributed by atoms with Crippen LogP contribution in [-0.2, 0) is 9.84 Å². The van der Waals surface area contributed by atoms with Gasteiger partial charge in [0.05, 0.1) is 5.75 Å². The van der Waals surface area contributed by atoms with E-state index >= 15 is 0 Å². The highest BCUT2D eigenvalue weighted by molar-refractivity contribution is 7.91. The van der Waals surface area contributed by atoms with Crippen molar-refractivity contribution in [2.24, 2.45) is 5.73 Å². The molecule has 0 saturated carbocycles. The van der Waals surface area contributed by atoms with E-state index in [9.17, 15) is 8.42 Å². The Morgan fingerprint density at radius 2 is 2.00 bits per heavy atom. The Balaban J connectivity index is 3.32. The van der Waals surface area contributed by atoms with Gasteiger partial charge in [-0.1, -0.05) is 6.92 Å². The lowest BCUT2D eigenvalue weighted by atomic mass is 10.5. The molecule has 0 radical (unpaired) electrons. The molecule has 0 bridgehead atoms. The third-order valence-corrected chi connectivity index (χ3v) is 3.36. The summed E-state index contributed by atoms with van der Waals surface area (Å²) in [6.45, 7) is 3.76. The lowest BCUT2D eigenvalue weighted by Crippen LogP contribution is -2.25. The van der Waals surface area contributed by atoms with Crippen LogP contribution in [0.4, 0.5) is 0 Å².